The summed E-state index contributed by atoms with van der Waals surface area (Å²) in [4.78, 5) is 19.8. The molecular formula is C30H33N3O2. The van der Waals surface area contributed by atoms with Crippen molar-refractivity contribution in [2.45, 2.75) is 52.1 Å². The van der Waals surface area contributed by atoms with Crippen molar-refractivity contribution in [3.8, 4) is 5.75 Å². The third kappa shape index (κ3) is 5.24. The molecule has 1 amide bonds. The van der Waals surface area contributed by atoms with E-state index in [4.69, 9.17) is 9.72 Å². The van der Waals surface area contributed by atoms with Crippen molar-refractivity contribution in [2.75, 3.05) is 13.2 Å². The summed E-state index contributed by atoms with van der Waals surface area (Å²) in [6.45, 7) is 7.17. The molecule has 0 unspecified atom stereocenters. The Balaban J connectivity index is 1.25. The van der Waals surface area contributed by atoms with E-state index in [9.17, 15) is 4.79 Å². The van der Waals surface area contributed by atoms with Gasteiger partial charge in [-0.2, -0.15) is 0 Å². The lowest BCUT2D eigenvalue weighted by molar-refractivity contribution is -0.128. The molecule has 180 valence electrons. The Morgan fingerprint density at radius 3 is 2.57 bits per heavy atom. The number of likely N-dealkylation sites (tertiary alicyclic amines) is 1. The Kier molecular flexibility index (Phi) is 6.84. The maximum atomic E-state index is 12.8. The first kappa shape index (κ1) is 23.2. The second-order valence-corrected chi connectivity index (χ2v) is 9.57. The average Bonchev–Trinajstić information content (AvgIpc) is 3.42. The first-order valence-corrected chi connectivity index (χ1v) is 12.6. The molecule has 4 aromatic rings. The molecule has 3 aromatic carbocycles. The van der Waals surface area contributed by atoms with E-state index in [1.165, 1.54) is 16.7 Å². The summed E-state index contributed by atoms with van der Waals surface area (Å²) in [6, 6.07) is 24.8. The minimum Gasteiger partial charge on any atom is -0.494 e. The number of fused-ring (bicyclic) bond motifs is 1. The number of carbonyl (C=O) groups is 1. The van der Waals surface area contributed by atoms with Crippen LogP contribution >= 0.6 is 0 Å². The molecule has 0 radical (unpaired) electrons. The fourth-order valence-electron chi connectivity index (χ4n) is 4.91. The van der Waals surface area contributed by atoms with E-state index in [0.29, 0.717) is 26.1 Å². The Morgan fingerprint density at radius 1 is 0.943 bits per heavy atom. The lowest BCUT2D eigenvalue weighted by Gasteiger charge is -2.17. The van der Waals surface area contributed by atoms with Crippen molar-refractivity contribution in [2.24, 2.45) is 0 Å². The molecule has 5 heteroatoms. The predicted molar refractivity (Wildman–Crippen MR) is 140 cm³/mol. The molecule has 0 saturated carbocycles. The molecule has 1 aliphatic rings. The summed E-state index contributed by atoms with van der Waals surface area (Å²) < 4.78 is 8.32. The number of rotatable bonds is 9. The highest BCUT2D eigenvalue weighted by molar-refractivity contribution is 5.81. The number of aryl methyl sites for hydroxylation is 3. The van der Waals surface area contributed by atoms with Crippen LogP contribution in [-0.2, 0) is 17.9 Å². The van der Waals surface area contributed by atoms with Crippen molar-refractivity contribution in [1.29, 1.82) is 0 Å². The fourth-order valence-corrected chi connectivity index (χ4v) is 4.91. The standard InChI is InChI=1S/C30H33N3O2/c1-22-14-15-26(18-23(22)2)35-17-9-8-16-33-28-13-7-6-12-27(28)31-30(33)25-19-29(34)32(21-25)20-24-10-4-3-5-11-24/h3-7,10-15,18,25H,8-9,16-17,19-21H2,1-2H3/t25-/m1/s1. The minimum absolute atomic E-state index is 0.116. The number of benzene rings is 3. The first-order chi connectivity index (χ1) is 17.1. The summed E-state index contributed by atoms with van der Waals surface area (Å²) in [5.41, 5.74) is 5.85. The van der Waals surface area contributed by atoms with Gasteiger partial charge in [0.1, 0.15) is 11.6 Å². The number of unbranched alkanes of at least 4 members (excludes halogenated alkanes) is 1. The number of nitrogens with zero attached hydrogens (tertiary/aromatic N) is 3. The minimum atomic E-state index is 0.116. The summed E-state index contributed by atoms with van der Waals surface area (Å²) in [6.07, 6.45) is 2.47. The number of hydrogen-bond acceptors (Lipinski definition) is 3. The monoisotopic (exact) mass is 467 g/mol. The third-order valence-corrected chi connectivity index (χ3v) is 7.00. The molecule has 2 heterocycles. The SMILES string of the molecule is Cc1ccc(OCCCCn2c([C@@H]3CC(=O)N(Cc4ccccc4)C3)nc3ccccc32)cc1C. The van der Waals surface area contributed by atoms with Crippen molar-refractivity contribution in [3.05, 3.63) is 95.3 Å². The molecule has 0 N–H and O–H groups in total. The summed E-state index contributed by atoms with van der Waals surface area (Å²) in [7, 11) is 0. The summed E-state index contributed by atoms with van der Waals surface area (Å²) in [5, 5.41) is 0. The van der Waals surface area contributed by atoms with E-state index < -0.39 is 0 Å². The number of para-hydroxylation sites is 2. The molecule has 0 spiro atoms. The van der Waals surface area contributed by atoms with Gasteiger partial charge in [-0.25, -0.2) is 4.98 Å². The van der Waals surface area contributed by atoms with Crippen LogP contribution in [0.4, 0.5) is 0 Å². The van der Waals surface area contributed by atoms with E-state index in [1.807, 2.05) is 35.2 Å². The molecule has 0 aliphatic carbocycles. The molecule has 0 bridgehead atoms. The van der Waals surface area contributed by atoms with Crippen LogP contribution in [0.25, 0.3) is 11.0 Å². The highest BCUT2D eigenvalue weighted by atomic mass is 16.5. The molecule has 1 atom stereocenters. The van der Waals surface area contributed by atoms with Crippen LogP contribution in [0, 0.1) is 13.8 Å². The summed E-state index contributed by atoms with van der Waals surface area (Å²) in [5.74, 6) is 2.29. The maximum Gasteiger partial charge on any atom is 0.223 e. The van der Waals surface area contributed by atoms with Gasteiger partial charge in [0.2, 0.25) is 5.91 Å². The van der Waals surface area contributed by atoms with Crippen LogP contribution < -0.4 is 4.74 Å². The predicted octanol–water partition coefficient (Wildman–Crippen LogP) is 6.03. The van der Waals surface area contributed by atoms with Gasteiger partial charge in [0.05, 0.1) is 17.6 Å². The highest BCUT2D eigenvalue weighted by Gasteiger charge is 2.33. The molecule has 5 nitrogen and oxygen atoms in total. The number of imidazole rings is 1. The second-order valence-electron chi connectivity index (χ2n) is 9.57. The van der Waals surface area contributed by atoms with Gasteiger partial charge in [-0.3, -0.25) is 4.79 Å². The van der Waals surface area contributed by atoms with Crippen LogP contribution in [0.3, 0.4) is 0 Å². The lowest BCUT2D eigenvalue weighted by atomic mass is 10.1. The Bertz CT molecular complexity index is 1310. The molecule has 1 fully saturated rings. The van der Waals surface area contributed by atoms with Crippen LogP contribution in [0.15, 0.2) is 72.8 Å². The van der Waals surface area contributed by atoms with Gasteiger partial charge in [-0.15, -0.1) is 0 Å². The highest BCUT2D eigenvalue weighted by Crippen LogP contribution is 2.31. The molecule has 35 heavy (non-hydrogen) atoms. The largest absolute Gasteiger partial charge is 0.494 e. The van der Waals surface area contributed by atoms with Crippen LogP contribution in [0.1, 0.15) is 47.7 Å². The van der Waals surface area contributed by atoms with Crippen molar-refractivity contribution >= 4 is 16.9 Å². The van der Waals surface area contributed by atoms with E-state index in [0.717, 1.165) is 42.0 Å². The van der Waals surface area contributed by atoms with Crippen LogP contribution in [-0.4, -0.2) is 33.5 Å². The zero-order valence-electron chi connectivity index (χ0n) is 20.6. The normalized spacial score (nSPS) is 15.8. The van der Waals surface area contributed by atoms with E-state index in [-0.39, 0.29) is 11.8 Å². The quantitative estimate of drug-likeness (QED) is 0.283. The maximum absolute atomic E-state index is 12.8. The van der Waals surface area contributed by atoms with Gasteiger partial charge >= 0.3 is 0 Å². The van der Waals surface area contributed by atoms with Gasteiger partial charge < -0.3 is 14.2 Å². The molecule has 1 aliphatic heterocycles. The van der Waals surface area contributed by atoms with E-state index in [1.54, 1.807) is 0 Å². The topological polar surface area (TPSA) is 47.4 Å². The average molecular weight is 468 g/mol. The van der Waals surface area contributed by atoms with Crippen LogP contribution in [0.2, 0.25) is 0 Å². The fraction of sp³-hybridized carbons (Fsp3) is 0.333. The smallest absolute Gasteiger partial charge is 0.223 e. The zero-order valence-corrected chi connectivity index (χ0v) is 20.6. The molecular weight excluding hydrogens is 434 g/mol. The Morgan fingerprint density at radius 2 is 1.74 bits per heavy atom. The van der Waals surface area contributed by atoms with Gasteiger partial charge in [0.25, 0.3) is 0 Å². The zero-order chi connectivity index (χ0) is 24.2. The summed E-state index contributed by atoms with van der Waals surface area (Å²) >= 11 is 0. The number of hydrogen-bond donors (Lipinski definition) is 0. The van der Waals surface area contributed by atoms with Crippen molar-refractivity contribution in [1.82, 2.24) is 14.5 Å². The lowest BCUT2D eigenvalue weighted by Crippen LogP contribution is -2.24. The van der Waals surface area contributed by atoms with Gasteiger partial charge in [0.15, 0.2) is 0 Å². The van der Waals surface area contributed by atoms with Crippen molar-refractivity contribution < 1.29 is 9.53 Å². The molecule has 5 rings (SSSR count). The first-order valence-electron chi connectivity index (χ1n) is 12.6. The number of amides is 1. The Labute approximate surface area is 207 Å². The molecule has 1 aromatic heterocycles. The van der Waals surface area contributed by atoms with E-state index >= 15 is 0 Å². The number of carbonyl (C=O) groups excluding carboxylic acids is 1. The van der Waals surface area contributed by atoms with Gasteiger partial charge in [0, 0.05) is 32.0 Å². The molecule has 1 saturated heterocycles. The third-order valence-electron chi connectivity index (χ3n) is 7.00. The Hall–Kier alpha value is -3.60. The number of ether oxygens (including phenoxy) is 1. The van der Waals surface area contributed by atoms with E-state index in [2.05, 4.69) is 60.9 Å². The second kappa shape index (κ2) is 10.3. The van der Waals surface area contributed by atoms with Gasteiger partial charge in [-0.1, -0.05) is 48.5 Å². The van der Waals surface area contributed by atoms with Gasteiger partial charge in [-0.05, 0) is 67.6 Å². The van der Waals surface area contributed by atoms with Crippen molar-refractivity contribution in [3.63, 3.8) is 0 Å². The van der Waals surface area contributed by atoms with Crippen LogP contribution in [0.5, 0.6) is 5.75 Å². The number of aromatic nitrogens is 2.